The Bertz CT molecular complexity index is 147. The van der Waals surface area contributed by atoms with Crippen LogP contribution in [0.2, 0.25) is 0 Å². The summed E-state index contributed by atoms with van der Waals surface area (Å²) in [5.74, 6) is 0. The Hall–Kier alpha value is 0.400. The van der Waals surface area contributed by atoms with Crippen LogP contribution in [0.3, 0.4) is 0 Å². The van der Waals surface area contributed by atoms with Gasteiger partial charge >= 0.3 is 0 Å². The van der Waals surface area contributed by atoms with Gasteiger partial charge in [-0.3, -0.25) is 0 Å². The molecule has 0 aromatic carbocycles. The molecule has 16 heavy (non-hydrogen) atoms. The minimum absolute atomic E-state index is 0.388. The normalized spacial score (nSPS) is 20.4. The highest BCUT2D eigenvalue weighted by Gasteiger charge is 2.14. The first-order chi connectivity index (χ1) is 7.93. The topological polar surface area (TPSA) is 18.5 Å². The summed E-state index contributed by atoms with van der Waals surface area (Å²) in [7, 11) is 0. The number of ether oxygens (including phenoxy) is 2. The third-order valence-corrected chi connectivity index (χ3v) is 3.58. The lowest BCUT2D eigenvalue weighted by atomic mass is 10.1. The van der Waals surface area contributed by atoms with Crippen LogP contribution in [0.25, 0.3) is 0 Å². The molecular weight excluding hydrogens is 268 g/mol. The quantitative estimate of drug-likeness (QED) is 0.449. The molecule has 0 radical (unpaired) electrons. The average Bonchev–Trinajstić information content (AvgIpc) is 2.80. The lowest BCUT2D eigenvalue weighted by molar-refractivity contribution is 0.0405. The zero-order valence-corrected chi connectivity index (χ0v) is 11.8. The summed E-state index contributed by atoms with van der Waals surface area (Å²) in [5.41, 5.74) is 0. The first-order valence-electron chi connectivity index (χ1n) is 6.69. The summed E-state index contributed by atoms with van der Waals surface area (Å²) >= 11 is 3.46. The van der Waals surface area contributed by atoms with E-state index >= 15 is 0 Å². The summed E-state index contributed by atoms with van der Waals surface area (Å²) in [4.78, 5) is 0. The molecule has 0 spiro atoms. The fraction of sp³-hybridized carbons (Fsp3) is 1.00. The van der Waals surface area contributed by atoms with E-state index in [1.54, 1.807) is 0 Å². The van der Waals surface area contributed by atoms with E-state index in [1.807, 2.05) is 0 Å². The molecule has 96 valence electrons. The maximum absolute atomic E-state index is 5.72. The minimum Gasteiger partial charge on any atom is -0.379 e. The molecule has 0 amide bonds. The molecule has 2 nitrogen and oxygen atoms in total. The van der Waals surface area contributed by atoms with Gasteiger partial charge in [-0.05, 0) is 19.3 Å². The van der Waals surface area contributed by atoms with E-state index in [0.29, 0.717) is 6.10 Å². The highest BCUT2D eigenvalue weighted by atomic mass is 79.9. The summed E-state index contributed by atoms with van der Waals surface area (Å²) in [6.45, 7) is 2.63. The van der Waals surface area contributed by atoms with Crippen molar-refractivity contribution in [2.45, 2.75) is 57.5 Å². The van der Waals surface area contributed by atoms with Crippen molar-refractivity contribution in [3.8, 4) is 0 Å². The first-order valence-corrected chi connectivity index (χ1v) is 7.81. The number of hydrogen-bond acceptors (Lipinski definition) is 2. The zero-order valence-electron chi connectivity index (χ0n) is 10.3. The standard InChI is InChI=1S/C13H25BrO2/c14-9-6-4-2-1-3-5-7-10-16-13-8-11-15-12-13/h13H,1-12H2. The van der Waals surface area contributed by atoms with Gasteiger partial charge in [0.05, 0.1) is 12.7 Å². The third-order valence-electron chi connectivity index (χ3n) is 3.02. The molecule has 1 rings (SSSR count). The molecule has 1 aliphatic rings. The fourth-order valence-corrected chi connectivity index (χ4v) is 2.37. The lowest BCUT2D eigenvalue weighted by Crippen LogP contribution is -2.12. The molecule has 0 aromatic heterocycles. The number of alkyl halides is 1. The Morgan fingerprint density at radius 1 is 1.00 bits per heavy atom. The summed E-state index contributed by atoms with van der Waals surface area (Å²) in [5, 5.41) is 1.16. The van der Waals surface area contributed by atoms with Gasteiger partial charge in [0.15, 0.2) is 0 Å². The number of unbranched alkanes of at least 4 members (excludes halogenated alkanes) is 6. The Morgan fingerprint density at radius 3 is 2.31 bits per heavy atom. The van der Waals surface area contributed by atoms with E-state index in [0.717, 1.165) is 31.6 Å². The molecule has 1 atom stereocenters. The van der Waals surface area contributed by atoms with Gasteiger partial charge in [0.25, 0.3) is 0 Å². The van der Waals surface area contributed by atoms with Gasteiger partial charge in [0, 0.05) is 18.5 Å². The van der Waals surface area contributed by atoms with Gasteiger partial charge in [-0.15, -0.1) is 0 Å². The van der Waals surface area contributed by atoms with Crippen molar-refractivity contribution < 1.29 is 9.47 Å². The molecule has 1 unspecified atom stereocenters. The van der Waals surface area contributed by atoms with Crippen LogP contribution in [0.4, 0.5) is 0 Å². The number of halogens is 1. The molecule has 0 N–H and O–H groups in total. The van der Waals surface area contributed by atoms with Gasteiger partial charge in [-0.25, -0.2) is 0 Å². The van der Waals surface area contributed by atoms with E-state index in [9.17, 15) is 0 Å². The Balaban J connectivity index is 1.71. The van der Waals surface area contributed by atoms with Crippen molar-refractivity contribution in [1.82, 2.24) is 0 Å². The van der Waals surface area contributed by atoms with Gasteiger partial charge < -0.3 is 9.47 Å². The van der Waals surface area contributed by atoms with Crippen molar-refractivity contribution in [3.63, 3.8) is 0 Å². The Kier molecular flexibility index (Phi) is 9.53. The van der Waals surface area contributed by atoms with E-state index in [1.165, 1.54) is 44.9 Å². The first kappa shape index (κ1) is 14.5. The van der Waals surface area contributed by atoms with Crippen LogP contribution in [0, 0.1) is 0 Å². The van der Waals surface area contributed by atoms with Crippen LogP contribution in [0.5, 0.6) is 0 Å². The average molecular weight is 293 g/mol. The van der Waals surface area contributed by atoms with Crippen molar-refractivity contribution in [3.05, 3.63) is 0 Å². The largest absolute Gasteiger partial charge is 0.379 e. The predicted molar refractivity (Wildman–Crippen MR) is 71.3 cm³/mol. The second kappa shape index (κ2) is 10.5. The highest BCUT2D eigenvalue weighted by Crippen LogP contribution is 2.11. The van der Waals surface area contributed by atoms with Crippen LogP contribution in [-0.4, -0.2) is 31.3 Å². The summed E-state index contributed by atoms with van der Waals surface area (Å²) in [6, 6.07) is 0. The molecular formula is C13H25BrO2. The molecule has 0 saturated carbocycles. The second-order valence-corrected chi connectivity index (χ2v) is 5.31. The Labute approximate surface area is 108 Å². The Morgan fingerprint density at radius 2 is 1.69 bits per heavy atom. The maximum Gasteiger partial charge on any atom is 0.0830 e. The van der Waals surface area contributed by atoms with Gasteiger partial charge in [-0.1, -0.05) is 48.0 Å². The van der Waals surface area contributed by atoms with Crippen LogP contribution < -0.4 is 0 Å². The van der Waals surface area contributed by atoms with Gasteiger partial charge in [0.2, 0.25) is 0 Å². The third kappa shape index (κ3) is 7.64. The molecule has 3 heteroatoms. The van der Waals surface area contributed by atoms with Crippen molar-refractivity contribution in [2.75, 3.05) is 25.2 Å². The van der Waals surface area contributed by atoms with E-state index in [2.05, 4.69) is 15.9 Å². The molecule has 1 aliphatic heterocycles. The molecule has 1 heterocycles. The minimum atomic E-state index is 0.388. The van der Waals surface area contributed by atoms with E-state index < -0.39 is 0 Å². The second-order valence-electron chi connectivity index (χ2n) is 4.52. The van der Waals surface area contributed by atoms with Crippen LogP contribution in [0.15, 0.2) is 0 Å². The lowest BCUT2D eigenvalue weighted by Gasteiger charge is -2.09. The van der Waals surface area contributed by atoms with Crippen molar-refractivity contribution in [1.29, 1.82) is 0 Å². The zero-order chi connectivity index (χ0) is 11.5. The van der Waals surface area contributed by atoms with Crippen molar-refractivity contribution >= 4 is 15.9 Å². The summed E-state index contributed by atoms with van der Waals surface area (Å²) in [6.07, 6.45) is 10.9. The van der Waals surface area contributed by atoms with Crippen LogP contribution in [-0.2, 0) is 9.47 Å². The van der Waals surface area contributed by atoms with Crippen LogP contribution in [0.1, 0.15) is 51.4 Å². The molecule has 1 saturated heterocycles. The van der Waals surface area contributed by atoms with Crippen LogP contribution >= 0.6 is 15.9 Å². The van der Waals surface area contributed by atoms with E-state index in [-0.39, 0.29) is 0 Å². The van der Waals surface area contributed by atoms with E-state index in [4.69, 9.17) is 9.47 Å². The molecule has 0 aliphatic carbocycles. The molecule has 0 bridgehead atoms. The van der Waals surface area contributed by atoms with Gasteiger partial charge in [-0.2, -0.15) is 0 Å². The smallest absolute Gasteiger partial charge is 0.0830 e. The predicted octanol–water partition coefficient (Wildman–Crippen LogP) is 3.92. The molecule has 0 aromatic rings. The monoisotopic (exact) mass is 292 g/mol. The highest BCUT2D eigenvalue weighted by molar-refractivity contribution is 9.09. The fourth-order valence-electron chi connectivity index (χ4n) is 1.97. The van der Waals surface area contributed by atoms with Gasteiger partial charge in [0.1, 0.15) is 0 Å². The van der Waals surface area contributed by atoms with Crippen molar-refractivity contribution in [2.24, 2.45) is 0 Å². The SMILES string of the molecule is BrCCCCCCCCCOC1CCOC1. The maximum atomic E-state index is 5.72. The number of rotatable bonds is 10. The molecule has 1 fully saturated rings. The summed E-state index contributed by atoms with van der Waals surface area (Å²) < 4.78 is 11.0. The number of hydrogen-bond donors (Lipinski definition) is 0.